The second-order valence-electron chi connectivity index (χ2n) is 1.61. The predicted octanol–water partition coefficient (Wildman–Crippen LogP) is 0.548. The summed E-state index contributed by atoms with van der Waals surface area (Å²) >= 11 is 0. The molecule has 0 radical (unpaired) electrons. The quantitative estimate of drug-likeness (QED) is 0.305. The van der Waals surface area contributed by atoms with E-state index in [1.807, 2.05) is 0 Å². The Morgan fingerprint density at radius 3 is 3.00 bits per heavy atom. The Kier molecular flexibility index (Phi) is 6.52. The maximum Gasteiger partial charge on any atom is 0.162 e. The molecule has 0 fully saturated rings. The van der Waals surface area contributed by atoms with Gasteiger partial charge in [-0.05, 0) is 6.04 Å². The van der Waals surface area contributed by atoms with Crippen molar-refractivity contribution >= 4 is 9.76 Å². The lowest BCUT2D eigenvalue weighted by Gasteiger charge is -1.93. The Morgan fingerprint density at radius 2 is 2.50 bits per heavy atom. The van der Waals surface area contributed by atoms with Gasteiger partial charge in [0.2, 0.25) is 0 Å². The van der Waals surface area contributed by atoms with E-state index >= 15 is 0 Å². The Balaban J connectivity index is 2.65. The summed E-state index contributed by atoms with van der Waals surface area (Å²) in [7, 11) is -0.242. The number of hydrogen-bond donors (Lipinski definition) is 0. The van der Waals surface area contributed by atoms with E-state index < -0.39 is 0 Å². The van der Waals surface area contributed by atoms with Gasteiger partial charge in [0.15, 0.2) is 9.76 Å². The Labute approximate surface area is 53.4 Å². The van der Waals surface area contributed by atoms with Crippen LogP contribution in [-0.2, 0) is 4.43 Å². The lowest BCUT2D eigenvalue weighted by Crippen LogP contribution is -1.96. The van der Waals surface area contributed by atoms with Crippen molar-refractivity contribution in [3.05, 3.63) is 0 Å². The van der Waals surface area contributed by atoms with E-state index in [2.05, 4.69) is 12.8 Å². The molecule has 0 atom stereocenters. The molecular formula is C6H12OSi. The van der Waals surface area contributed by atoms with E-state index in [4.69, 9.17) is 10.8 Å². The van der Waals surface area contributed by atoms with Gasteiger partial charge in [0.05, 0.1) is 6.61 Å². The molecule has 0 spiro atoms. The molecule has 46 valence electrons. The van der Waals surface area contributed by atoms with Crippen molar-refractivity contribution < 1.29 is 4.43 Å². The molecule has 0 saturated carbocycles. The number of hydrogen-bond acceptors (Lipinski definition) is 1. The largest absolute Gasteiger partial charge is 0.413 e. The van der Waals surface area contributed by atoms with Gasteiger partial charge in [-0.15, -0.1) is 6.42 Å². The van der Waals surface area contributed by atoms with Crippen LogP contribution < -0.4 is 0 Å². The van der Waals surface area contributed by atoms with Gasteiger partial charge in [-0.2, -0.15) is 0 Å². The molecule has 0 bridgehead atoms. The normalized spacial score (nSPS) is 10.0. The molecule has 0 aliphatic carbocycles. The minimum atomic E-state index is -0.242. The summed E-state index contributed by atoms with van der Waals surface area (Å²) in [5.41, 5.74) is 0. The van der Waals surface area contributed by atoms with Crippen LogP contribution in [0.25, 0.3) is 0 Å². The Hall–Kier alpha value is -0.263. The molecule has 2 heteroatoms. The molecule has 0 aromatic carbocycles. The Bertz CT molecular complexity index is 75.1. The highest BCUT2D eigenvalue weighted by molar-refractivity contribution is 6.27. The van der Waals surface area contributed by atoms with Crippen LogP contribution in [0.3, 0.4) is 0 Å². The van der Waals surface area contributed by atoms with Gasteiger partial charge in [0, 0.05) is 0 Å². The summed E-state index contributed by atoms with van der Waals surface area (Å²) in [5.74, 6) is 2.44. The highest BCUT2D eigenvalue weighted by Gasteiger charge is 1.82. The molecule has 0 amide bonds. The van der Waals surface area contributed by atoms with Crippen molar-refractivity contribution in [3.63, 3.8) is 0 Å². The third kappa shape index (κ3) is 5.74. The summed E-state index contributed by atoms with van der Waals surface area (Å²) in [5, 5.41) is 0. The fourth-order valence-electron chi connectivity index (χ4n) is 0.377. The zero-order valence-electron chi connectivity index (χ0n) is 5.31. The summed E-state index contributed by atoms with van der Waals surface area (Å²) in [6.07, 6.45) is 6.19. The standard InChI is InChI=1S/C6H12OSi/c1-3-5-7-8-6-4-2/h1H,4-6,8H2,2H3. The first-order chi connectivity index (χ1) is 3.91. The fourth-order valence-corrected chi connectivity index (χ4v) is 1.13. The highest BCUT2D eigenvalue weighted by Crippen LogP contribution is 1.84. The first-order valence-corrected chi connectivity index (χ1v) is 4.50. The van der Waals surface area contributed by atoms with E-state index in [1.54, 1.807) is 0 Å². The van der Waals surface area contributed by atoms with Gasteiger partial charge in [0.25, 0.3) is 0 Å². The van der Waals surface area contributed by atoms with Crippen molar-refractivity contribution in [2.24, 2.45) is 0 Å². The SMILES string of the molecule is C#CCO[SiH2]CCC. The van der Waals surface area contributed by atoms with E-state index in [-0.39, 0.29) is 9.76 Å². The van der Waals surface area contributed by atoms with Gasteiger partial charge in [0.1, 0.15) is 0 Å². The predicted molar refractivity (Wildman–Crippen MR) is 38.4 cm³/mol. The molecule has 0 N–H and O–H groups in total. The molecule has 0 aromatic heterocycles. The summed E-state index contributed by atoms with van der Waals surface area (Å²) in [4.78, 5) is 0. The molecule has 0 heterocycles. The van der Waals surface area contributed by atoms with Crippen molar-refractivity contribution in [1.82, 2.24) is 0 Å². The maximum absolute atomic E-state index is 5.13. The van der Waals surface area contributed by atoms with Crippen LogP contribution >= 0.6 is 0 Å². The van der Waals surface area contributed by atoms with Crippen LogP contribution in [0.2, 0.25) is 6.04 Å². The minimum Gasteiger partial charge on any atom is -0.413 e. The van der Waals surface area contributed by atoms with Crippen LogP contribution in [0.5, 0.6) is 0 Å². The van der Waals surface area contributed by atoms with Gasteiger partial charge in [-0.3, -0.25) is 0 Å². The molecular weight excluding hydrogens is 116 g/mol. The molecule has 8 heavy (non-hydrogen) atoms. The monoisotopic (exact) mass is 128 g/mol. The molecule has 0 unspecified atom stereocenters. The summed E-state index contributed by atoms with van der Waals surface area (Å²) in [6.45, 7) is 2.68. The zero-order valence-corrected chi connectivity index (χ0v) is 6.73. The van der Waals surface area contributed by atoms with E-state index in [1.165, 1.54) is 12.5 Å². The zero-order chi connectivity index (χ0) is 6.24. The highest BCUT2D eigenvalue weighted by atomic mass is 28.2. The van der Waals surface area contributed by atoms with Crippen LogP contribution in [0.4, 0.5) is 0 Å². The van der Waals surface area contributed by atoms with Gasteiger partial charge in [-0.25, -0.2) is 0 Å². The lowest BCUT2D eigenvalue weighted by atomic mass is 10.6. The molecule has 0 aliphatic heterocycles. The molecule has 0 aromatic rings. The van der Waals surface area contributed by atoms with Crippen LogP contribution in [0.1, 0.15) is 13.3 Å². The fraction of sp³-hybridized carbons (Fsp3) is 0.667. The van der Waals surface area contributed by atoms with Crippen LogP contribution in [0, 0.1) is 12.3 Å². The van der Waals surface area contributed by atoms with Gasteiger partial charge < -0.3 is 4.43 Å². The third-order valence-electron chi connectivity index (χ3n) is 0.828. The molecule has 0 rings (SSSR count). The first-order valence-electron chi connectivity index (χ1n) is 2.93. The molecule has 1 nitrogen and oxygen atoms in total. The molecule has 0 saturated heterocycles. The van der Waals surface area contributed by atoms with Crippen molar-refractivity contribution in [3.8, 4) is 12.3 Å². The second kappa shape index (κ2) is 6.74. The second-order valence-corrected chi connectivity index (χ2v) is 3.13. The van der Waals surface area contributed by atoms with Gasteiger partial charge in [-0.1, -0.05) is 19.3 Å². The van der Waals surface area contributed by atoms with Crippen molar-refractivity contribution in [2.75, 3.05) is 6.61 Å². The smallest absolute Gasteiger partial charge is 0.162 e. The minimum absolute atomic E-state index is 0.242. The maximum atomic E-state index is 5.13. The van der Waals surface area contributed by atoms with Crippen LogP contribution in [0.15, 0.2) is 0 Å². The van der Waals surface area contributed by atoms with E-state index in [0.29, 0.717) is 6.61 Å². The van der Waals surface area contributed by atoms with E-state index in [0.717, 1.165) is 0 Å². The van der Waals surface area contributed by atoms with E-state index in [9.17, 15) is 0 Å². The average molecular weight is 128 g/mol. The van der Waals surface area contributed by atoms with Crippen molar-refractivity contribution in [1.29, 1.82) is 0 Å². The topological polar surface area (TPSA) is 9.23 Å². The average Bonchev–Trinajstić information content (AvgIpc) is 1.81. The number of rotatable bonds is 4. The first kappa shape index (κ1) is 7.74. The number of terminal acetylenes is 1. The van der Waals surface area contributed by atoms with Crippen molar-refractivity contribution in [2.45, 2.75) is 19.4 Å². The van der Waals surface area contributed by atoms with Gasteiger partial charge >= 0.3 is 0 Å². The summed E-state index contributed by atoms with van der Waals surface area (Å²) in [6, 6.07) is 1.25. The lowest BCUT2D eigenvalue weighted by molar-refractivity contribution is 0.392. The Morgan fingerprint density at radius 1 is 1.75 bits per heavy atom. The summed E-state index contributed by atoms with van der Waals surface area (Å²) < 4.78 is 5.13. The van der Waals surface area contributed by atoms with Crippen LogP contribution in [-0.4, -0.2) is 16.4 Å². The molecule has 0 aliphatic rings. The third-order valence-corrected chi connectivity index (χ3v) is 2.32.